The molecule has 7 heteroatoms. The van der Waals surface area contributed by atoms with E-state index in [9.17, 15) is 8.42 Å². The minimum atomic E-state index is -3.60. The van der Waals surface area contributed by atoms with Gasteiger partial charge >= 0.3 is 0 Å². The molecule has 0 bridgehead atoms. The van der Waals surface area contributed by atoms with E-state index in [1.807, 2.05) is 17.5 Å². The highest BCUT2D eigenvalue weighted by atomic mass is 32.2. The molecule has 0 atom stereocenters. The van der Waals surface area contributed by atoms with E-state index >= 15 is 0 Å². The number of nitrogens with zero attached hydrogens (tertiary/aromatic N) is 1. The Labute approximate surface area is 103 Å². The molecule has 90 valence electrons. The van der Waals surface area contributed by atoms with Crippen LogP contribution in [0.2, 0.25) is 0 Å². The molecule has 2 heterocycles. The fourth-order valence-corrected chi connectivity index (χ4v) is 3.09. The van der Waals surface area contributed by atoms with E-state index in [4.69, 9.17) is 5.73 Å². The first-order valence-electron chi connectivity index (χ1n) is 4.81. The van der Waals surface area contributed by atoms with Crippen LogP contribution in [0.25, 0.3) is 0 Å². The molecule has 0 aliphatic carbocycles. The molecule has 17 heavy (non-hydrogen) atoms. The number of nitrogen functional groups attached to an aromatic ring is 1. The summed E-state index contributed by atoms with van der Waals surface area (Å²) in [5.74, 6) is 0. The van der Waals surface area contributed by atoms with Gasteiger partial charge in [0.15, 0.2) is 0 Å². The summed E-state index contributed by atoms with van der Waals surface area (Å²) in [5, 5.41) is 1.89. The second-order valence-electron chi connectivity index (χ2n) is 3.32. The van der Waals surface area contributed by atoms with E-state index in [0.29, 0.717) is 0 Å². The SMILES string of the molecule is Nc1ccncc1S(=O)(=O)NCc1cccs1. The molecule has 0 fully saturated rings. The molecule has 0 aromatic carbocycles. The highest BCUT2D eigenvalue weighted by molar-refractivity contribution is 7.89. The van der Waals surface area contributed by atoms with Crippen LogP contribution in [-0.4, -0.2) is 13.4 Å². The zero-order valence-electron chi connectivity index (χ0n) is 8.83. The van der Waals surface area contributed by atoms with Crippen LogP contribution >= 0.6 is 11.3 Å². The molecule has 0 amide bonds. The van der Waals surface area contributed by atoms with Crippen molar-refractivity contribution < 1.29 is 8.42 Å². The fourth-order valence-electron chi connectivity index (χ4n) is 1.27. The van der Waals surface area contributed by atoms with E-state index in [1.165, 1.54) is 29.8 Å². The predicted octanol–water partition coefficient (Wildman–Crippen LogP) is 1.20. The highest BCUT2D eigenvalue weighted by Gasteiger charge is 2.17. The Morgan fingerprint density at radius 2 is 2.24 bits per heavy atom. The Hall–Kier alpha value is -1.44. The maximum Gasteiger partial charge on any atom is 0.244 e. The van der Waals surface area contributed by atoms with Crippen LogP contribution in [0.15, 0.2) is 40.9 Å². The van der Waals surface area contributed by atoms with Crippen molar-refractivity contribution in [1.82, 2.24) is 9.71 Å². The number of thiophene rings is 1. The van der Waals surface area contributed by atoms with Gasteiger partial charge in [0.1, 0.15) is 4.90 Å². The Morgan fingerprint density at radius 3 is 2.88 bits per heavy atom. The zero-order valence-corrected chi connectivity index (χ0v) is 10.5. The smallest absolute Gasteiger partial charge is 0.244 e. The Kier molecular flexibility index (Phi) is 3.41. The topological polar surface area (TPSA) is 85.1 Å². The standard InChI is InChI=1S/C10H11N3O2S2/c11-9-3-4-12-7-10(9)17(14,15)13-6-8-2-1-5-16-8/h1-5,7,13H,6H2,(H2,11,12). The van der Waals surface area contributed by atoms with Gasteiger partial charge in [-0.15, -0.1) is 11.3 Å². The maximum absolute atomic E-state index is 11.9. The number of hydrogen-bond acceptors (Lipinski definition) is 5. The second kappa shape index (κ2) is 4.82. The van der Waals surface area contributed by atoms with Gasteiger partial charge in [0.25, 0.3) is 0 Å². The molecule has 2 aromatic rings. The largest absolute Gasteiger partial charge is 0.398 e. The second-order valence-corrected chi connectivity index (χ2v) is 6.09. The van der Waals surface area contributed by atoms with Gasteiger partial charge in [0.2, 0.25) is 10.0 Å². The summed E-state index contributed by atoms with van der Waals surface area (Å²) in [6.45, 7) is 0.258. The monoisotopic (exact) mass is 269 g/mol. The van der Waals surface area contributed by atoms with Crippen molar-refractivity contribution in [1.29, 1.82) is 0 Å². The summed E-state index contributed by atoms with van der Waals surface area (Å²) in [7, 11) is -3.60. The quantitative estimate of drug-likeness (QED) is 0.873. The third kappa shape index (κ3) is 2.82. The molecule has 0 unspecified atom stereocenters. The fraction of sp³-hybridized carbons (Fsp3) is 0.100. The minimum Gasteiger partial charge on any atom is -0.398 e. The molecule has 0 spiro atoms. The summed E-state index contributed by atoms with van der Waals surface area (Å²) in [5.41, 5.74) is 5.79. The summed E-state index contributed by atoms with van der Waals surface area (Å²) >= 11 is 1.49. The van der Waals surface area contributed by atoms with Gasteiger partial charge in [-0.05, 0) is 17.5 Å². The van der Waals surface area contributed by atoms with Crippen LogP contribution < -0.4 is 10.5 Å². The first kappa shape index (κ1) is 12.0. The summed E-state index contributed by atoms with van der Waals surface area (Å²) in [6, 6.07) is 5.19. The number of hydrogen-bond donors (Lipinski definition) is 2. The van der Waals surface area contributed by atoms with Gasteiger partial charge in [-0.25, -0.2) is 13.1 Å². The van der Waals surface area contributed by atoms with E-state index < -0.39 is 10.0 Å². The zero-order chi connectivity index (χ0) is 12.3. The molecule has 0 aliphatic heterocycles. The number of sulfonamides is 1. The molecule has 3 N–H and O–H groups in total. The van der Waals surface area contributed by atoms with Gasteiger partial charge in [0.05, 0.1) is 5.69 Å². The molecule has 2 aromatic heterocycles. The van der Waals surface area contributed by atoms with Crippen LogP contribution in [0.1, 0.15) is 4.88 Å². The third-order valence-electron chi connectivity index (χ3n) is 2.12. The lowest BCUT2D eigenvalue weighted by molar-refractivity contribution is 0.582. The van der Waals surface area contributed by atoms with Crippen molar-refractivity contribution in [2.45, 2.75) is 11.4 Å². The van der Waals surface area contributed by atoms with Crippen LogP contribution in [0.3, 0.4) is 0 Å². The van der Waals surface area contributed by atoms with E-state index in [-0.39, 0.29) is 17.1 Å². The van der Waals surface area contributed by atoms with Crippen LogP contribution in [0.5, 0.6) is 0 Å². The summed E-state index contributed by atoms with van der Waals surface area (Å²) in [4.78, 5) is 4.71. The lowest BCUT2D eigenvalue weighted by atomic mass is 10.4. The Balaban J connectivity index is 2.17. The molecular weight excluding hydrogens is 258 g/mol. The van der Waals surface area contributed by atoms with Gasteiger partial charge in [-0.1, -0.05) is 6.07 Å². The highest BCUT2D eigenvalue weighted by Crippen LogP contribution is 2.16. The lowest BCUT2D eigenvalue weighted by Gasteiger charge is -2.07. The third-order valence-corrected chi connectivity index (χ3v) is 4.44. The number of pyridine rings is 1. The van der Waals surface area contributed by atoms with Crippen molar-refractivity contribution in [3.63, 3.8) is 0 Å². The molecule has 2 rings (SSSR count). The Morgan fingerprint density at radius 1 is 1.41 bits per heavy atom. The summed E-state index contributed by atoms with van der Waals surface area (Å²) < 4.78 is 26.3. The van der Waals surface area contributed by atoms with E-state index in [0.717, 1.165) is 4.88 Å². The van der Waals surface area contributed by atoms with Crippen LogP contribution in [0.4, 0.5) is 5.69 Å². The van der Waals surface area contributed by atoms with Crippen molar-refractivity contribution in [3.8, 4) is 0 Å². The first-order valence-corrected chi connectivity index (χ1v) is 7.17. The van der Waals surface area contributed by atoms with Crippen molar-refractivity contribution in [2.75, 3.05) is 5.73 Å². The number of aromatic nitrogens is 1. The van der Waals surface area contributed by atoms with E-state index in [2.05, 4.69) is 9.71 Å². The first-order chi connectivity index (χ1) is 8.09. The molecule has 0 radical (unpaired) electrons. The normalized spacial score (nSPS) is 11.5. The lowest BCUT2D eigenvalue weighted by Crippen LogP contribution is -2.23. The average molecular weight is 269 g/mol. The van der Waals surface area contributed by atoms with Gasteiger partial charge < -0.3 is 5.73 Å². The maximum atomic E-state index is 11.9. The molecule has 0 aliphatic rings. The molecule has 0 saturated heterocycles. The number of rotatable bonds is 4. The molecular formula is C10H11N3O2S2. The average Bonchev–Trinajstić information content (AvgIpc) is 2.80. The molecule has 5 nitrogen and oxygen atoms in total. The molecule has 0 saturated carbocycles. The van der Waals surface area contributed by atoms with E-state index in [1.54, 1.807) is 0 Å². The number of nitrogens with two attached hydrogens (primary N) is 1. The minimum absolute atomic E-state index is 0.0107. The van der Waals surface area contributed by atoms with Crippen LogP contribution in [-0.2, 0) is 16.6 Å². The van der Waals surface area contributed by atoms with Crippen molar-refractivity contribution in [2.24, 2.45) is 0 Å². The van der Waals surface area contributed by atoms with Gasteiger partial charge in [-0.2, -0.15) is 0 Å². The predicted molar refractivity (Wildman–Crippen MR) is 67.0 cm³/mol. The Bertz CT molecular complexity index is 594. The van der Waals surface area contributed by atoms with Crippen molar-refractivity contribution >= 4 is 27.0 Å². The van der Waals surface area contributed by atoms with Crippen molar-refractivity contribution in [3.05, 3.63) is 40.8 Å². The number of nitrogens with one attached hydrogen (secondary N) is 1. The van der Waals surface area contributed by atoms with Gasteiger partial charge in [-0.3, -0.25) is 4.98 Å². The van der Waals surface area contributed by atoms with Gasteiger partial charge in [0, 0.05) is 23.8 Å². The van der Waals surface area contributed by atoms with Crippen LogP contribution in [0, 0.1) is 0 Å². The summed E-state index contributed by atoms with van der Waals surface area (Å²) in [6.07, 6.45) is 2.69. The number of anilines is 1.